The first-order valence-corrected chi connectivity index (χ1v) is 10.8. The van der Waals surface area contributed by atoms with Crippen LogP contribution < -0.4 is 10.1 Å². The van der Waals surface area contributed by atoms with Crippen molar-refractivity contribution in [2.75, 3.05) is 25.2 Å². The molecule has 2 fully saturated rings. The standard InChI is InChI=1S/C17H18N2O6S2/c1-25-13-5-3-2-4-11(13)8-14-16(21)19(17(22)26-14)9-15(20)18-12-6-7-27(23,24)10-12/h2-5,8,12H,6-7,9-10H2,1H3,(H,18,20)/b14-8+. The number of amides is 3. The average molecular weight is 410 g/mol. The summed E-state index contributed by atoms with van der Waals surface area (Å²) in [5, 5.41) is 2.03. The zero-order chi connectivity index (χ0) is 19.6. The van der Waals surface area contributed by atoms with Crippen molar-refractivity contribution in [1.82, 2.24) is 10.2 Å². The molecule has 2 aliphatic rings. The van der Waals surface area contributed by atoms with Gasteiger partial charge in [0.15, 0.2) is 9.84 Å². The van der Waals surface area contributed by atoms with Crippen LogP contribution in [-0.2, 0) is 19.4 Å². The molecule has 0 radical (unpaired) electrons. The second-order valence-electron chi connectivity index (χ2n) is 6.18. The van der Waals surface area contributed by atoms with Gasteiger partial charge in [0.1, 0.15) is 12.3 Å². The Morgan fingerprint density at radius 3 is 2.78 bits per heavy atom. The number of sulfone groups is 1. The molecule has 3 amide bonds. The molecule has 8 nitrogen and oxygen atoms in total. The summed E-state index contributed by atoms with van der Waals surface area (Å²) in [6, 6.07) is 6.57. The van der Waals surface area contributed by atoms with E-state index in [9.17, 15) is 22.8 Å². The maximum atomic E-state index is 12.5. The molecule has 1 atom stereocenters. The van der Waals surface area contributed by atoms with Crippen LogP contribution in [-0.4, -0.2) is 61.6 Å². The van der Waals surface area contributed by atoms with Gasteiger partial charge >= 0.3 is 0 Å². The first-order chi connectivity index (χ1) is 12.8. The summed E-state index contributed by atoms with van der Waals surface area (Å²) in [7, 11) is -1.62. The van der Waals surface area contributed by atoms with Crippen LogP contribution >= 0.6 is 11.8 Å². The van der Waals surface area contributed by atoms with Crippen LogP contribution in [0.3, 0.4) is 0 Å². The lowest BCUT2D eigenvalue weighted by atomic mass is 10.2. The summed E-state index contributed by atoms with van der Waals surface area (Å²) in [5.74, 6) is -0.650. The molecule has 0 aromatic heterocycles. The third-order valence-corrected chi connectivity index (χ3v) is 6.87. The predicted octanol–water partition coefficient (Wildman–Crippen LogP) is 1.03. The van der Waals surface area contributed by atoms with E-state index in [2.05, 4.69) is 5.32 Å². The minimum Gasteiger partial charge on any atom is -0.496 e. The second kappa shape index (κ2) is 7.73. The highest BCUT2D eigenvalue weighted by molar-refractivity contribution is 8.18. The highest BCUT2D eigenvalue weighted by Crippen LogP contribution is 2.33. The number of nitrogens with zero attached hydrogens (tertiary/aromatic N) is 1. The van der Waals surface area contributed by atoms with Crippen LogP contribution in [0.2, 0.25) is 0 Å². The first kappa shape index (κ1) is 19.4. The van der Waals surface area contributed by atoms with E-state index < -0.39 is 39.5 Å². The van der Waals surface area contributed by atoms with Crippen molar-refractivity contribution in [2.24, 2.45) is 0 Å². The Morgan fingerprint density at radius 2 is 2.11 bits per heavy atom. The molecule has 0 spiro atoms. The fourth-order valence-electron chi connectivity index (χ4n) is 2.89. The molecule has 0 aliphatic carbocycles. The largest absolute Gasteiger partial charge is 0.496 e. The van der Waals surface area contributed by atoms with Crippen molar-refractivity contribution in [3.8, 4) is 5.75 Å². The van der Waals surface area contributed by atoms with E-state index in [4.69, 9.17) is 4.74 Å². The molecule has 0 saturated carbocycles. The number of methoxy groups -OCH3 is 1. The number of imide groups is 1. The Hall–Kier alpha value is -2.33. The first-order valence-electron chi connectivity index (χ1n) is 8.17. The summed E-state index contributed by atoms with van der Waals surface area (Å²) in [5.41, 5.74) is 0.645. The molecular weight excluding hydrogens is 392 g/mol. The van der Waals surface area contributed by atoms with Gasteiger partial charge in [-0.05, 0) is 30.3 Å². The smallest absolute Gasteiger partial charge is 0.294 e. The lowest BCUT2D eigenvalue weighted by Crippen LogP contribution is -2.43. The summed E-state index contributed by atoms with van der Waals surface area (Å²) in [6.45, 7) is -0.440. The number of hydrogen-bond donors (Lipinski definition) is 1. The molecule has 144 valence electrons. The van der Waals surface area contributed by atoms with Gasteiger partial charge < -0.3 is 10.1 Å². The predicted molar refractivity (Wildman–Crippen MR) is 101 cm³/mol. The maximum absolute atomic E-state index is 12.5. The zero-order valence-corrected chi connectivity index (χ0v) is 16.1. The minimum absolute atomic E-state index is 0.0289. The summed E-state index contributed by atoms with van der Waals surface area (Å²) in [4.78, 5) is 37.8. The minimum atomic E-state index is -3.13. The van der Waals surface area contributed by atoms with Gasteiger partial charge in [-0.1, -0.05) is 18.2 Å². The maximum Gasteiger partial charge on any atom is 0.294 e. The molecule has 2 saturated heterocycles. The Balaban J connectivity index is 1.67. The van der Waals surface area contributed by atoms with Gasteiger partial charge in [-0.25, -0.2) is 8.42 Å². The van der Waals surface area contributed by atoms with E-state index in [0.29, 0.717) is 17.7 Å². The normalized spacial score (nSPS) is 23.1. The fourth-order valence-corrected chi connectivity index (χ4v) is 5.39. The number of nitrogens with one attached hydrogen (secondary N) is 1. The van der Waals surface area contributed by atoms with Gasteiger partial charge in [0.2, 0.25) is 5.91 Å². The van der Waals surface area contributed by atoms with E-state index in [-0.39, 0.29) is 16.4 Å². The Labute approximate surface area is 160 Å². The van der Waals surface area contributed by atoms with E-state index in [0.717, 1.165) is 16.7 Å². The van der Waals surface area contributed by atoms with E-state index in [1.54, 1.807) is 30.3 Å². The number of para-hydroxylation sites is 1. The molecule has 1 unspecified atom stereocenters. The number of rotatable bonds is 5. The Kier molecular flexibility index (Phi) is 5.56. The Bertz CT molecular complexity index is 925. The number of carbonyl (C=O) groups excluding carboxylic acids is 3. The van der Waals surface area contributed by atoms with Crippen LogP contribution in [0.4, 0.5) is 4.79 Å². The third-order valence-electron chi connectivity index (χ3n) is 4.20. The summed E-state index contributed by atoms with van der Waals surface area (Å²) < 4.78 is 28.1. The van der Waals surface area contributed by atoms with Gasteiger partial charge in [-0.3, -0.25) is 19.3 Å². The lowest BCUT2D eigenvalue weighted by molar-refractivity contribution is -0.129. The highest BCUT2D eigenvalue weighted by atomic mass is 32.2. The van der Waals surface area contributed by atoms with Crippen molar-refractivity contribution in [2.45, 2.75) is 12.5 Å². The van der Waals surface area contributed by atoms with Crippen molar-refractivity contribution >= 4 is 44.7 Å². The second-order valence-corrected chi connectivity index (χ2v) is 9.40. The molecule has 27 heavy (non-hydrogen) atoms. The number of carbonyl (C=O) groups is 3. The van der Waals surface area contributed by atoms with Gasteiger partial charge in [-0.15, -0.1) is 0 Å². The van der Waals surface area contributed by atoms with E-state index >= 15 is 0 Å². The molecular formula is C17H18N2O6S2. The van der Waals surface area contributed by atoms with Crippen LogP contribution in [0.15, 0.2) is 29.2 Å². The molecule has 1 aromatic rings. The zero-order valence-electron chi connectivity index (χ0n) is 14.5. The number of benzene rings is 1. The summed E-state index contributed by atoms with van der Waals surface area (Å²) >= 11 is 0.747. The molecule has 1 N–H and O–H groups in total. The highest BCUT2D eigenvalue weighted by Gasteiger charge is 2.37. The van der Waals surface area contributed by atoms with Crippen LogP contribution in [0.25, 0.3) is 6.08 Å². The Morgan fingerprint density at radius 1 is 1.37 bits per heavy atom. The van der Waals surface area contributed by atoms with Gasteiger partial charge in [0, 0.05) is 11.6 Å². The lowest BCUT2D eigenvalue weighted by Gasteiger charge is -2.15. The van der Waals surface area contributed by atoms with E-state index in [1.165, 1.54) is 7.11 Å². The molecule has 2 heterocycles. The number of thioether (sulfide) groups is 1. The molecule has 1 aromatic carbocycles. The fraction of sp³-hybridized carbons (Fsp3) is 0.353. The van der Waals surface area contributed by atoms with Gasteiger partial charge in [0.25, 0.3) is 11.1 Å². The molecule has 3 rings (SSSR count). The molecule has 0 bridgehead atoms. The number of hydrogen-bond acceptors (Lipinski definition) is 7. The van der Waals surface area contributed by atoms with Gasteiger partial charge in [-0.2, -0.15) is 0 Å². The van der Waals surface area contributed by atoms with Crippen molar-refractivity contribution < 1.29 is 27.5 Å². The quantitative estimate of drug-likeness (QED) is 0.722. The SMILES string of the molecule is COc1ccccc1/C=C1/SC(=O)N(CC(=O)NC2CCS(=O)(=O)C2)C1=O. The molecule has 2 aliphatic heterocycles. The van der Waals surface area contributed by atoms with Crippen LogP contribution in [0.1, 0.15) is 12.0 Å². The van der Waals surface area contributed by atoms with E-state index in [1.807, 2.05) is 0 Å². The monoisotopic (exact) mass is 410 g/mol. The topological polar surface area (TPSA) is 110 Å². The van der Waals surface area contributed by atoms with Crippen molar-refractivity contribution in [1.29, 1.82) is 0 Å². The van der Waals surface area contributed by atoms with Gasteiger partial charge in [0.05, 0.1) is 23.5 Å². The van der Waals surface area contributed by atoms with Crippen LogP contribution in [0.5, 0.6) is 5.75 Å². The van der Waals surface area contributed by atoms with Crippen molar-refractivity contribution in [3.05, 3.63) is 34.7 Å². The van der Waals surface area contributed by atoms with Crippen LogP contribution in [0, 0.1) is 0 Å². The van der Waals surface area contributed by atoms with Crippen molar-refractivity contribution in [3.63, 3.8) is 0 Å². The average Bonchev–Trinajstić information content (AvgIpc) is 3.08. The molecule has 10 heteroatoms. The third kappa shape index (κ3) is 4.51. The summed E-state index contributed by atoms with van der Waals surface area (Å²) in [6.07, 6.45) is 1.88. The number of ether oxygens (including phenoxy) is 1.